The second-order valence-electron chi connectivity index (χ2n) is 4.54. The predicted molar refractivity (Wildman–Crippen MR) is 62.0 cm³/mol. The SMILES string of the molecule is Cc1cc(N2CCCC(C)CC2)ncn1. The summed E-state index contributed by atoms with van der Waals surface area (Å²) in [5.41, 5.74) is 1.05. The summed E-state index contributed by atoms with van der Waals surface area (Å²) in [5.74, 6) is 1.95. The van der Waals surface area contributed by atoms with Crippen molar-refractivity contribution >= 4 is 5.82 Å². The van der Waals surface area contributed by atoms with Gasteiger partial charge in [-0.2, -0.15) is 0 Å². The van der Waals surface area contributed by atoms with Crippen LogP contribution in [0.3, 0.4) is 0 Å². The lowest BCUT2D eigenvalue weighted by atomic mass is 10.0. The summed E-state index contributed by atoms with van der Waals surface area (Å²) in [4.78, 5) is 10.9. The van der Waals surface area contributed by atoms with Crippen molar-refractivity contribution in [1.29, 1.82) is 0 Å². The molecule has 1 aliphatic heterocycles. The Labute approximate surface area is 91.5 Å². The molecule has 1 aliphatic rings. The van der Waals surface area contributed by atoms with Gasteiger partial charge in [-0.05, 0) is 32.1 Å². The molecule has 1 fully saturated rings. The summed E-state index contributed by atoms with van der Waals surface area (Å²) in [6, 6.07) is 2.08. The van der Waals surface area contributed by atoms with E-state index in [-0.39, 0.29) is 0 Å². The quantitative estimate of drug-likeness (QED) is 0.705. The minimum absolute atomic E-state index is 0.859. The molecule has 0 spiro atoms. The molecule has 82 valence electrons. The first-order chi connectivity index (χ1) is 7.25. The standard InChI is InChI=1S/C12H19N3/c1-10-4-3-6-15(7-5-10)12-8-11(2)13-9-14-12/h8-10H,3-7H2,1-2H3. The summed E-state index contributed by atoms with van der Waals surface area (Å²) < 4.78 is 0. The van der Waals surface area contributed by atoms with E-state index >= 15 is 0 Å². The van der Waals surface area contributed by atoms with Gasteiger partial charge in [0.15, 0.2) is 0 Å². The highest BCUT2D eigenvalue weighted by Crippen LogP contribution is 2.20. The molecule has 0 bridgehead atoms. The van der Waals surface area contributed by atoms with Gasteiger partial charge in [0.05, 0.1) is 0 Å². The molecule has 1 unspecified atom stereocenters. The Bertz CT molecular complexity index is 324. The van der Waals surface area contributed by atoms with Gasteiger partial charge in [-0.3, -0.25) is 0 Å². The summed E-state index contributed by atoms with van der Waals surface area (Å²) in [5, 5.41) is 0. The summed E-state index contributed by atoms with van der Waals surface area (Å²) in [6.45, 7) is 6.64. The average molecular weight is 205 g/mol. The third kappa shape index (κ3) is 2.67. The van der Waals surface area contributed by atoms with E-state index in [0.29, 0.717) is 0 Å². The van der Waals surface area contributed by atoms with E-state index in [1.807, 2.05) is 6.92 Å². The van der Waals surface area contributed by atoms with Gasteiger partial charge in [0, 0.05) is 24.8 Å². The molecule has 2 heterocycles. The van der Waals surface area contributed by atoms with Gasteiger partial charge in [0.25, 0.3) is 0 Å². The van der Waals surface area contributed by atoms with Crippen LogP contribution in [0.5, 0.6) is 0 Å². The van der Waals surface area contributed by atoms with Gasteiger partial charge < -0.3 is 4.90 Å². The Balaban J connectivity index is 2.09. The molecule has 1 aromatic rings. The Morgan fingerprint density at radius 3 is 2.93 bits per heavy atom. The van der Waals surface area contributed by atoms with Gasteiger partial charge in [0.1, 0.15) is 12.1 Å². The van der Waals surface area contributed by atoms with Crippen LogP contribution >= 0.6 is 0 Å². The topological polar surface area (TPSA) is 29.0 Å². The fourth-order valence-electron chi connectivity index (χ4n) is 2.11. The second kappa shape index (κ2) is 4.60. The number of aryl methyl sites for hydroxylation is 1. The molecule has 1 atom stereocenters. The first-order valence-electron chi connectivity index (χ1n) is 5.79. The second-order valence-corrected chi connectivity index (χ2v) is 4.54. The normalized spacial score (nSPS) is 22.5. The van der Waals surface area contributed by atoms with Gasteiger partial charge in [-0.15, -0.1) is 0 Å². The van der Waals surface area contributed by atoms with Gasteiger partial charge in [-0.1, -0.05) is 6.92 Å². The van der Waals surface area contributed by atoms with Crippen molar-refractivity contribution < 1.29 is 0 Å². The monoisotopic (exact) mass is 205 g/mol. The lowest BCUT2D eigenvalue weighted by Gasteiger charge is -2.21. The minimum atomic E-state index is 0.859. The van der Waals surface area contributed by atoms with Crippen LogP contribution in [0.4, 0.5) is 5.82 Å². The first-order valence-corrected chi connectivity index (χ1v) is 5.79. The Hall–Kier alpha value is -1.12. The van der Waals surface area contributed by atoms with E-state index in [9.17, 15) is 0 Å². The Morgan fingerprint density at radius 2 is 2.13 bits per heavy atom. The van der Waals surface area contributed by atoms with Crippen LogP contribution in [0.1, 0.15) is 31.9 Å². The average Bonchev–Trinajstić information content (AvgIpc) is 2.43. The molecule has 0 amide bonds. The van der Waals surface area contributed by atoms with E-state index in [1.54, 1.807) is 6.33 Å². The van der Waals surface area contributed by atoms with Crippen molar-refractivity contribution in [2.75, 3.05) is 18.0 Å². The molecule has 2 rings (SSSR count). The lowest BCUT2D eigenvalue weighted by Crippen LogP contribution is -2.25. The highest BCUT2D eigenvalue weighted by molar-refractivity contribution is 5.38. The van der Waals surface area contributed by atoms with Crippen LogP contribution < -0.4 is 4.90 Å². The van der Waals surface area contributed by atoms with E-state index in [4.69, 9.17) is 0 Å². The zero-order chi connectivity index (χ0) is 10.7. The number of nitrogens with zero attached hydrogens (tertiary/aromatic N) is 3. The van der Waals surface area contributed by atoms with E-state index in [1.165, 1.54) is 19.3 Å². The summed E-state index contributed by atoms with van der Waals surface area (Å²) >= 11 is 0. The highest BCUT2D eigenvalue weighted by Gasteiger charge is 2.14. The van der Waals surface area contributed by atoms with E-state index < -0.39 is 0 Å². The smallest absolute Gasteiger partial charge is 0.132 e. The molecule has 0 N–H and O–H groups in total. The molecule has 3 nitrogen and oxygen atoms in total. The van der Waals surface area contributed by atoms with E-state index in [0.717, 1.165) is 30.5 Å². The van der Waals surface area contributed by atoms with Crippen molar-refractivity contribution in [1.82, 2.24) is 9.97 Å². The van der Waals surface area contributed by atoms with Crippen LogP contribution in [-0.2, 0) is 0 Å². The number of hydrogen-bond acceptors (Lipinski definition) is 3. The molecular weight excluding hydrogens is 186 g/mol. The molecular formula is C12H19N3. The maximum Gasteiger partial charge on any atom is 0.132 e. The van der Waals surface area contributed by atoms with Crippen LogP contribution in [0.25, 0.3) is 0 Å². The number of aromatic nitrogens is 2. The van der Waals surface area contributed by atoms with Crippen LogP contribution in [-0.4, -0.2) is 23.1 Å². The molecule has 0 radical (unpaired) electrons. The van der Waals surface area contributed by atoms with Crippen molar-refractivity contribution in [3.05, 3.63) is 18.1 Å². The molecule has 1 aromatic heterocycles. The van der Waals surface area contributed by atoms with Crippen molar-refractivity contribution in [2.45, 2.75) is 33.1 Å². The molecule has 0 aromatic carbocycles. The van der Waals surface area contributed by atoms with Crippen LogP contribution in [0.2, 0.25) is 0 Å². The van der Waals surface area contributed by atoms with Crippen molar-refractivity contribution in [3.63, 3.8) is 0 Å². The van der Waals surface area contributed by atoms with Gasteiger partial charge >= 0.3 is 0 Å². The predicted octanol–water partition coefficient (Wildman–Crippen LogP) is 2.41. The molecule has 3 heteroatoms. The summed E-state index contributed by atoms with van der Waals surface area (Å²) in [6.07, 6.45) is 5.58. The first kappa shape index (κ1) is 10.4. The Morgan fingerprint density at radius 1 is 1.27 bits per heavy atom. The zero-order valence-electron chi connectivity index (χ0n) is 9.61. The zero-order valence-corrected chi connectivity index (χ0v) is 9.61. The van der Waals surface area contributed by atoms with Crippen LogP contribution in [0.15, 0.2) is 12.4 Å². The van der Waals surface area contributed by atoms with Crippen molar-refractivity contribution in [2.24, 2.45) is 5.92 Å². The summed E-state index contributed by atoms with van der Waals surface area (Å²) in [7, 11) is 0. The number of anilines is 1. The lowest BCUT2D eigenvalue weighted by molar-refractivity contribution is 0.521. The number of rotatable bonds is 1. The fraction of sp³-hybridized carbons (Fsp3) is 0.667. The molecule has 15 heavy (non-hydrogen) atoms. The largest absolute Gasteiger partial charge is 0.357 e. The fourth-order valence-corrected chi connectivity index (χ4v) is 2.11. The number of hydrogen-bond donors (Lipinski definition) is 0. The third-order valence-corrected chi connectivity index (χ3v) is 3.13. The van der Waals surface area contributed by atoms with E-state index in [2.05, 4.69) is 27.9 Å². The molecule has 1 saturated heterocycles. The third-order valence-electron chi connectivity index (χ3n) is 3.13. The van der Waals surface area contributed by atoms with Gasteiger partial charge in [0.2, 0.25) is 0 Å². The molecule has 0 aliphatic carbocycles. The minimum Gasteiger partial charge on any atom is -0.357 e. The van der Waals surface area contributed by atoms with Crippen LogP contribution in [0, 0.1) is 12.8 Å². The Kier molecular flexibility index (Phi) is 3.19. The van der Waals surface area contributed by atoms with Crippen molar-refractivity contribution in [3.8, 4) is 0 Å². The maximum absolute atomic E-state index is 4.34. The maximum atomic E-state index is 4.34. The highest BCUT2D eigenvalue weighted by atomic mass is 15.2. The molecule has 0 saturated carbocycles. The van der Waals surface area contributed by atoms with Gasteiger partial charge in [-0.25, -0.2) is 9.97 Å².